The van der Waals surface area contributed by atoms with Crippen molar-refractivity contribution in [1.29, 1.82) is 0 Å². The van der Waals surface area contributed by atoms with Gasteiger partial charge in [-0.25, -0.2) is 4.98 Å². The van der Waals surface area contributed by atoms with Crippen LogP contribution in [-0.4, -0.2) is 9.97 Å². The first-order valence-corrected chi connectivity index (χ1v) is 5.77. The van der Waals surface area contributed by atoms with E-state index >= 15 is 0 Å². The molecule has 1 aromatic heterocycles. The fraction of sp³-hybridized carbons (Fsp3) is 0.182. The molecule has 16 heavy (non-hydrogen) atoms. The third kappa shape index (κ3) is 2.36. The van der Waals surface area contributed by atoms with E-state index in [0.29, 0.717) is 0 Å². The molecule has 0 bridgehead atoms. The van der Waals surface area contributed by atoms with Crippen LogP contribution >= 0.6 is 15.9 Å². The molecule has 4 N–H and O–H groups in total. The zero-order valence-electron chi connectivity index (χ0n) is 8.87. The van der Waals surface area contributed by atoms with Crippen molar-refractivity contribution in [1.82, 2.24) is 9.97 Å². The molecule has 0 aliphatic heterocycles. The Morgan fingerprint density at radius 3 is 2.94 bits per heavy atom. The topological polar surface area (TPSA) is 66.7 Å². The van der Waals surface area contributed by atoms with E-state index in [-0.39, 0.29) is 6.04 Å². The number of nitrogen functional groups attached to an aromatic ring is 1. The number of halogens is 1. The highest BCUT2D eigenvalue weighted by molar-refractivity contribution is 9.10. The molecule has 0 spiro atoms. The van der Waals surface area contributed by atoms with Gasteiger partial charge in [0.25, 0.3) is 0 Å². The molecule has 0 saturated heterocycles. The fourth-order valence-electron chi connectivity index (χ4n) is 1.46. The Labute approximate surface area is 102 Å². The number of hydrogen-bond donors (Lipinski definition) is 3. The lowest BCUT2D eigenvalue weighted by Crippen LogP contribution is -2.08. The molecular weight excluding hydrogens is 268 g/mol. The summed E-state index contributed by atoms with van der Waals surface area (Å²) in [5.41, 5.74) is 7.41. The van der Waals surface area contributed by atoms with Crippen molar-refractivity contribution in [3.63, 3.8) is 0 Å². The van der Waals surface area contributed by atoms with Gasteiger partial charge in [0.05, 0.1) is 6.04 Å². The molecule has 0 aliphatic carbocycles. The van der Waals surface area contributed by atoms with Crippen LogP contribution in [-0.2, 0) is 0 Å². The second kappa shape index (κ2) is 4.57. The van der Waals surface area contributed by atoms with Gasteiger partial charge >= 0.3 is 0 Å². The highest BCUT2D eigenvalue weighted by Crippen LogP contribution is 2.27. The van der Waals surface area contributed by atoms with E-state index < -0.39 is 0 Å². The summed E-state index contributed by atoms with van der Waals surface area (Å²) in [6.07, 6.45) is 3.55. The van der Waals surface area contributed by atoms with Crippen LogP contribution in [0, 0.1) is 0 Å². The highest BCUT2D eigenvalue weighted by atomic mass is 79.9. The maximum absolute atomic E-state index is 5.68. The third-order valence-electron chi connectivity index (χ3n) is 2.29. The lowest BCUT2D eigenvalue weighted by Gasteiger charge is -2.14. The molecule has 0 amide bonds. The van der Waals surface area contributed by atoms with E-state index in [9.17, 15) is 0 Å². The summed E-state index contributed by atoms with van der Waals surface area (Å²) in [7, 11) is 0. The second-order valence-electron chi connectivity index (χ2n) is 3.58. The predicted molar refractivity (Wildman–Crippen MR) is 69.2 cm³/mol. The van der Waals surface area contributed by atoms with Crippen molar-refractivity contribution >= 4 is 27.3 Å². The largest absolute Gasteiger partial charge is 0.399 e. The Hall–Kier alpha value is -1.49. The molecule has 4 nitrogen and oxygen atoms in total. The average Bonchev–Trinajstić information content (AvgIpc) is 2.75. The normalized spacial score (nSPS) is 12.4. The maximum atomic E-state index is 5.68. The molecular formula is C11H13BrN4. The number of anilines is 2. The molecule has 0 fully saturated rings. The van der Waals surface area contributed by atoms with E-state index in [2.05, 4.69) is 31.2 Å². The van der Waals surface area contributed by atoms with Gasteiger partial charge in [0.15, 0.2) is 0 Å². The number of aromatic amines is 1. The number of benzene rings is 1. The molecule has 5 heteroatoms. The molecule has 0 aliphatic rings. The summed E-state index contributed by atoms with van der Waals surface area (Å²) < 4.78 is 0.950. The molecule has 84 valence electrons. The zero-order chi connectivity index (χ0) is 11.5. The van der Waals surface area contributed by atoms with E-state index in [0.717, 1.165) is 21.7 Å². The minimum absolute atomic E-state index is 0.120. The quantitative estimate of drug-likeness (QED) is 0.758. The number of nitrogens with one attached hydrogen (secondary N) is 2. The standard InChI is InChI=1S/C11H13BrN4/c1-7(11-14-4-5-15-11)16-10-3-2-8(13)6-9(10)12/h2-7,16H,13H2,1H3,(H,14,15). The predicted octanol–water partition coefficient (Wildman–Crippen LogP) is 2.93. The average molecular weight is 281 g/mol. The third-order valence-corrected chi connectivity index (χ3v) is 2.95. The van der Waals surface area contributed by atoms with Gasteiger partial charge in [-0.15, -0.1) is 0 Å². The highest BCUT2D eigenvalue weighted by Gasteiger charge is 2.09. The maximum Gasteiger partial charge on any atom is 0.128 e. The monoisotopic (exact) mass is 280 g/mol. The number of hydrogen-bond acceptors (Lipinski definition) is 3. The second-order valence-corrected chi connectivity index (χ2v) is 4.43. The summed E-state index contributed by atoms with van der Waals surface area (Å²) >= 11 is 3.47. The molecule has 2 rings (SSSR count). The van der Waals surface area contributed by atoms with Crippen molar-refractivity contribution in [2.75, 3.05) is 11.1 Å². The van der Waals surface area contributed by atoms with Crippen LogP contribution in [0.4, 0.5) is 11.4 Å². The van der Waals surface area contributed by atoms with Gasteiger partial charge in [-0.05, 0) is 41.1 Å². The number of imidazole rings is 1. The van der Waals surface area contributed by atoms with Crippen LogP contribution in [0.15, 0.2) is 35.1 Å². The molecule has 2 aromatic rings. The van der Waals surface area contributed by atoms with Crippen molar-refractivity contribution < 1.29 is 0 Å². The van der Waals surface area contributed by atoms with Crippen LogP contribution in [0.1, 0.15) is 18.8 Å². The van der Waals surface area contributed by atoms with Crippen molar-refractivity contribution in [2.45, 2.75) is 13.0 Å². The Kier molecular flexibility index (Phi) is 3.14. The molecule has 1 atom stereocenters. The Balaban J connectivity index is 2.15. The Morgan fingerprint density at radius 1 is 1.50 bits per heavy atom. The van der Waals surface area contributed by atoms with Crippen LogP contribution in [0.25, 0.3) is 0 Å². The Bertz CT molecular complexity index is 467. The SMILES string of the molecule is CC(Nc1ccc(N)cc1Br)c1ncc[nH]1. The molecule has 1 heterocycles. The summed E-state index contributed by atoms with van der Waals surface area (Å²) in [4.78, 5) is 7.28. The number of nitrogens with zero attached hydrogens (tertiary/aromatic N) is 1. The van der Waals surface area contributed by atoms with Gasteiger partial charge in [0.2, 0.25) is 0 Å². The van der Waals surface area contributed by atoms with Gasteiger partial charge in [-0.3, -0.25) is 0 Å². The summed E-state index contributed by atoms with van der Waals surface area (Å²) in [5.74, 6) is 0.906. The van der Waals surface area contributed by atoms with E-state index in [1.165, 1.54) is 0 Å². The van der Waals surface area contributed by atoms with Crippen LogP contribution in [0.5, 0.6) is 0 Å². The minimum atomic E-state index is 0.120. The van der Waals surface area contributed by atoms with Crippen molar-refractivity contribution in [3.05, 3.63) is 40.9 Å². The lowest BCUT2D eigenvalue weighted by molar-refractivity contribution is 0.809. The van der Waals surface area contributed by atoms with Gasteiger partial charge in [0.1, 0.15) is 5.82 Å². The van der Waals surface area contributed by atoms with Gasteiger partial charge < -0.3 is 16.0 Å². The van der Waals surface area contributed by atoms with Gasteiger partial charge in [0, 0.05) is 28.2 Å². The van der Waals surface area contributed by atoms with Gasteiger partial charge in [-0.2, -0.15) is 0 Å². The molecule has 1 aromatic carbocycles. The molecule has 1 unspecified atom stereocenters. The van der Waals surface area contributed by atoms with E-state index in [1.54, 1.807) is 6.20 Å². The van der Waals surface area contributed by atoms with Crippen LogP contribution < -0.4 is 11.1 Å². The fourth-order valence-corrected chi connectivity index (χ4v) is 1.98. The number of aromatic nitrogens is 2. The minimum Gasteiger partial charge on any atom is -0.399 e. The van der Waals surface area contributed by atoms with Gasteiger partial charge in [-0.1, -0.05) is 0 Å². The summed E-state index contributed by atoms with van der Waals surface area (Å²) in [5, 5.41) is 3.34. The molecule has 0 saturated carbocycles. The Morgan fingerprint density at radius 2 is 2.31 bits per heavy atom. The molecule has 0 radical (unpaired) electrons. The first-order chi connectivity index (χ1) is 7.66. The smallest absolute Gasteiger partial charge is 0.128 e. The number of rotatable bonds is 3. The van der Waals surface area contributed by atoms with E-state index in [4.69, 9.17) is 5.73 Å². The first-order valence-electron chi connectivity index (χ1n) is 4.97. The van der Waals surface area contributed by atoms with Crippen LogP contribution in [0.2, 0.25) is 0 Å². The van der Waals surface area contributed by atoms with E-state index in [1.807, 2.05) is 31.3 Å². The number of nitrogens with two attached hydrogens (primary N) is 1. The summed E-state index contributed by atoms with van der Waals surface area (Å²) in [6.45, 7) is 2.04. The zero-order valence-corrected chi connectivity index (χ0v) is 10.5. The van der Waals surface area contributed by atoms with Crippen molar-refractivity contribution in [2.24, 2.45) is 0 Å². The van der Waals surface area contributed by atoms with Crippen molar-refractivity contribution in [3.8, 4) is 0 Å². The van der Waals surface area contributed by atoms with Crippen LogP contribution in [0.3, 0.4) is 0 Å². The lowest BCUT2D eigenvalue weighted by atomic mass is 10.2. The number of H-pyrrole nitrogens is 1. The summed E-state index contributed by atoms with van der Waals surface area (Å²) in [6, 6.07) is 5.80. The first kappa shape index (κ1) is 11.0.